The molecule has 0 aliphatic carbocycles. The van der Waals surface area contributed by atoms with Gasteiger partial charge in [-0.2, -0.15) is 0 Å². The summed E-state index contributed by atoms with van der Waals surface area (Å²) in [7, 11) is 0. The molecule has 1 aromatic rings. The Morgan fingerprint density at radius 2 is 2.04 bits per heavy atom. The molecule has 2 unspecified atom stereocenters. The molecule has 0 saturated carbocycles. The third-order valence-corrected chi connectivity index (χ3v) is 4.70. The number of benzene rings is 1. The highest BCUT2D eigenvalue weighted by molar-refractivity contribution is 5.80. The Balaban J connectivity index is 1.70. The summed E-state index contributed by atoms with van der Waals surface area (Å²) in [6, 6.07) is 6.06. The van der Waals surface area contributed by atoms with E-state index in [9.17, 15) is 13.2 Å². The number of hydrogen-bond acceptors (Lipinski definition) is 4. The molecule has 2 aliphatic rings. The summed E-state index contributed by atoms with van der Waals surface area (Å²) in [5, 5.41) is 3.22. The monoisotopic (exact) mass is 401 g/mol. The molecule has 2 atom stereocenters. The van der Waals surface area contributed by atoms with E-state index in [4.69, 9.17) is 9.47 Å². The van der Waals surface area contributed by atoms with Gasteiger partial charge in [0.25, 0.3) is 0 Å². The average Bonchev–Trinajstić information content (AvgIpc) is 3.20. The van der Waals surface area contributed by atoms with Gasteiger partial charge in [-0.1, -0.05) is 18.2 Å². The summed E-state index contributed by atoms with van der Waals surface area (Å²) in [4.78, 5) is 6.62. The van der Waals surface area contributed by atoms with Crippen LogP contribution in [-0.2, 0) is 16.0 Å². The second-order valence-corrected chi connectivity index (χ2v) is 6.73. The van der Waals surface area contributed by atoms with Gasteiger partial charge in [-0.05, 0) is 25.8 Å². The second kappa shape index (κ2) is 9.47. The molecule has 2 saturated heterocycles. The van der Waals surface area contributed by atoms with Gasteiger partial charge in [-0.25, -0.2) is 4.99 Å². The molecule has 1 aromatic carbocycles. The molecule has 156 valence electrons. The Bertz CT molecular complexity index is 663. The maximum absolute atomic E-state index is 12.6. The van der Waals surface area contributed by atoms with Crippen molar-refractivity contribution in [3.8, 4) is 5.75 Å². The first-order valence-corrected chi connectivity index (χ1v) is 9.56. The van der Waals surface area contributed by atoms with Crippen molar-refractivity contribution in [2.75, 3.05) is 32.8 Å². The van der Waals surface area contributed by atoms with Crippen LogP contribution in [0.25, 0.3) is 0 Å². The highest BCUT2D eigenvalue weighted by Gasteiger charge is 2.33. The quantitative estimate of drug-likeness (QED) is 0.607. The summed E-state index contributed by atoms with van der Waals surface area (Å²) in [6.45, 7) is 5.30. The van der Waals surface area contributed by atoms with E-state index in [1.54, 1.807) is 12.1 Å². The molecule has 2 heterocycles. The number of ether oxygens (including phenoxy) is 3. The molecule has 6 nitrogen and oxygen atoms in total. The first kappa shape index (κ1) is 20.7. The lowest BCUT2D eigenvalue weighted by molar-refractivity contribution is -0.274. The summed E-state index contributed by atoms with van der Waals surface area (Å²) in [5.74, 6) is 0.421. The minimum Gasteiger partial charge on any atom is -0.405 e. The van der Waals surface area contributed by atoms with Crippen LogP contribution in [0.4, 0.5) is 13.2 Å². The summed E-state index contributed by atoms with van der Waals surface area (Å²) in [6.07, 6.45) is -2.65. The van der Waals surface area contributed by atoms with Crippen molar-refractivity contribution in [1.82, 2.24) is 10.2 Å². The lowest BCUT2D eigenvalue weighted by Gasteiger charge is -2.37. The van der Waals surface area contributed by atoms with Gasteiger partial charge in [0.05, 0.1) is 19.3 Å². The van der Waals surface area contributed by atoms with Gasteiger partial charge >= 0.3 is 6.36 Å². The summed E-state index contributed by atoms with van der Waals surface area (Å²) < 4.78 is 53.6. The first-order valence-electron chi connectivity index (χ1n) is 9.56. The highest BCUT2D eigenvalue weighted by atomic mass is 19.4. The smallest absolute Gasteiger partial charge is 0.405 e. The third kappa shape index (κ3) is 5.75. The second-order valence-electron chi connectivity index (χ2n) is 6.73. The van der Waals surface area contributed by atoms with Crippen LogP contribution < -0.4 is 10.1 Å². The Morgan fingerprint density at radius 1 is 1.25 bits per heavy atom. The molecular formula is C19H26F3N3O3. The van der Waals surface area contributed by atoms with E-state index in [-0.39, 0.29) is 24.5 Å². The van der Waals surface area contributed by atoms with Crippen molar-refractivity contribution in [2.45, 2.75) is 44.9 Å². The number of alkyl halides is 3. The normalized spacial score (nSPS) is 23.7. The van der Waals surface area contributed by atoms with Crippen molar-refractivity contribution in [2.24, 2.45) is 4.99 Å². The number of guanidine groups is 1. The third-order valence-electron chi connectivity index (χ3n) is 4.70. The average molecular weight is 401 g/mol. The molecule has 28 heavy (non-hydrogen) atoms. The number of rotatable bonds is 5. The maximum Gasteiger partial charge on any atom is 0.573 e. The maximum atomic E-state index is 12.6. The van der Waals surface area contributed by atoms with Gasteiger partial charge in [-0.3, -0.25) is 0 Å². The van der Waals surface area contributed by atoms with E-state index in [1.807, 2.05) is 6.92 Å². The minimum absolute atomic E-state index is 0.0269. The fraction of sp³-hybridized carbons (Fsp3) is 0.632. The summed E-state index contributed by atoms with van der Waals surface area (Å²) >= 11 is 0. The Hall–Kier alpha value is -2.00. The number of nitrogens with zero attached hydrogens (tertiary/aromatic N) is 2. The van der Waals surface area contributed by atoms with Crippen molar-refractivity contribution >= 4 is 5.96 Å². The predicted octanol–water partition coefficient (Wildman–Crippen LogP) is 2.93. The fourth-order valence-corrected chi connectivity index (χ4v) is 3.43. The number of halogens is 3. The fourth-order valence-electron chi connectivity index (χ4n) is 3.43. The van der Waals surface area contributed by atoms with Crippen LogP contribution >= 0.6 is 0 Å². The van der Waals surface area contributed by atoms with Crippen LogP contribution in [0.3, 0.4) is 0 Å². The van der Waals surface area contributed by atoms with Crippen molar-refractivity contribution in [1.29, 1.82) is 0 Å². The van der Waals surface area contributed by atoms with E-state index in [1.165, 1.54) is 12.1 Å². The van der Waals surface area contributed by atoms with Gasteiger partial charge in [0.15, 0.2) is 5.96 Å². The molecule has 0 spiro atoms. The van der Waals surface area contributed by atoms with Crippen LogP contribution in [0.1, 0.15) is 25.3 Å². The van der Waals surface area contributed by atoms with Crippen LogP contribution in [0.5, 0.6) is 5.75 Å². The molecule has 0 bridgehead atoms. The van der Waals surface area contributed by atoms with E-state index in [2.05, 4.69) is 19.9 Å². The molecule has 0 aromatic heterocycles. The van der Waals surface area contributed by atoms with Gasteiger partial charge in [-0.15, -0.1) is 13.2 Å². The zero-order valence-corrected chi connectivity index (χ0v) is 15.9. The van der Waals surface area contributed by atoms with Gasteiger partial charge < -0.3 is 24.4 Å². The van der Waals surface area contributed by atoms with Crippen LogP contribution in [0, 0.1) is 0 Å². The number of morpholine rings is 1. The Morgan fingerprint density at radius 3 is 2.75 bits per heavy atom. The standard InChI is InChI=1S/C19H26F3N3O3/c1-2-23-18(25-9-11-27-17(13-25)16-8-5-10-26-16)24-12-14-6-3-4-7-15(14)28-19(20,21)22/h3-4,6-7,16-17H,2,5,8-13H2,1H3,(H,23,24). The topological polar surface area (TPSA) is 55.3 Å². The van der Waals surface area contributed by atoms with Crippen LogP contribution in [-0.4, -0.2) is 62.3 Å². The van der Waals surface area contributed by atoms with Crippen LogP contribution in [0.15, 0.2) is 29.3 Å². The van der Waals surface area contributed by atoms with Gasteiger partial charge in [0.2, 0.25) is 0 Å². The van der Waals surface area contributed by atoms with Crippen molar-refractivity contribution < 1.29 is 27.4 Å². The highest BCUT2D eigenvalue weighted by Crippen LogP contribution is 2.27. The summed E-state index contributed by atoms with van der Waals surface area (Å²) in [5.41, 5.74) is 0.374. The molecular weight excluding hydrogens is 375 g/mol. The number of nitrogens with one attached hydrogen (secondary N) is 1. The molecule has 3 rings (SSSR count). The predicted molar refractivity (Wildman–Crippen MR) is 98.2 cm³/mol. The molecule has 0 amide bonds. The number of hydrogen-bond donors (Lipinski definition) is 1. The van der Waals surface area contributed by atoms with E-state index in [0.29, 0.717) is 37.8 Å². The zero-order valence-electron chi connectivity index (χ0n) is 15.9. The molecule has 1 N–H and O–H groups in total. The van der Waals surface area contributed by atoms with Gasteiger partial charge in [0, 0.05) is 31.8 Å². The zero-order chi connectivity index (χ0) is 20.0. The minimum atomic E-state index is -4.73. The van der Waals surface area contributed by atoms with Crippen molar-refractivity contribution in [3.05, 3.63) is 29.8 Å². The van der Waals surface area contributed by atoms with E-state index in [0.717, 1.165) is 19.4 Å². The Labute approximate surface area is 162 Å². The SMILES string of the molecule is CCNC(=NCc1ccccc1OC(F)(F)F)N1CCOC(C2CCCO2)C1. The van der Waals surface area contributed by atoms with Crippen molar-refractivity contribution in [3.63, 3.8) is 0 Å². The van der Waals surface area contributed by atoms with E-state index >= 15 is 0 Å². The number of para-hydroxylation sites is 1. The number of aliphatic imine (C=N–C) groups is 1. The van der Waals surface area contributed by atoms with Gasteiger partial charge in [0.1, 0.15) is 11.9 Å². The molecule has 2 aliphatic heterocycles. The van der Waals surface area contributed by atoms with Crippen LogP contribution in [0.2, 0.25) is 0 Å². The lowest BCUT2D eigenvalue weighted by atomic mass is 10.1. The van der Waals surface area contributed by atoms with E-state index < -0.39 is 6.36 Å². The Kier molecular flexibility index (Phi) is 7.01. The lowest BCUT2D eigenvalue weighted by Crippen LogP contribution is -2.53. The molecule has 9 heteroatoms. The molecule has 2 fully saturated rings. The first-order chi connectivity index (χ1) is 13.5. The molecule has 0 radical (unpaired) electrons. The largest absolute Gasteiger partial charge is 0.573 e.